The number of carboxylic acids is 1. The maximum Gasteiger partial charge on any atom is 0.303 e. The van der Waals surface area contributed by atoms with Crippen molar-refractivity contribution in [3.05, 3.63) is 34.8 Å². The summed E-state index contributed by atoms with van der Waals surface area (Å²) >= 11 is 1.59. The fourth-order valence-electron chi connectivity index (χ4n) is 2.09. The van der Waals surface area contributed by atoms with Gasteiger partial charge in [-0.2, -0.15) is 0 Å². The van der Waals surface area contributed by atoms with Crippen molar-refractivity contribution in [2.45, 2.75) is 32.6 Å². The maximum absolute atomic E-state index is 10.8. The van der Waals surface area contributed by atoms with Crippen LogP contribution in [0.2, 0.25) is 0 Å². The van der Waals surface area contributed by atoms with Crippen molar-refractivity contribution >= 4 is 17.3 Å². The predicted octanol–water partition coefficient (Wildman–Crippen LogP) is 3.79. The van der Waals surface area contributed by atoms with E-state index in [1.165, 1.54) is 0 Å². The molecule has 0 unspecified atom stereocenters. The van der Waals surface area contributed by atoms with Gasteiger partial charge in [0.05, 0.1) is 19.2 Å². The summed E-state index contributed by atoms with van der Waals surface area (Å²) in [5.74, 6) is 0.0482. The Labute approximate surface area is 128 Å². The summed E-state index contributed by atoms with van der Waals surface area (Å²) in [4.78, 5) is 16.5. The SMILES string of the molecule is CCCc1nc(-c2ccc(OC)cc2)sc1CCC(=O)O. The third-order valence-electron chi connectivity index (χ3n) is 3.17. The molecule has 1 aromatic heterocycles. The highest BCUT2D eigenvalue weighted by molar-refractivity contribution is 7.15. The van der Waals surface area contributed by atoms with E-state index in [2.05, 4.69) is 11.9 Å². The van der Waals surface area contributed by atoms with E-state index in [1.54, 1.807) is 18.4 Å². The first-order valence-corrected chi connectivity index (χ1v) is 7.80. The van der Waals surface area contributed by atoms with Crippen LogP contribution in [0.4, 0.5) is 0 Å². The normalized spacial score (nSPS) is 10.6. The highest BCUT2D eigenvalue weighted by Gasteiger charge is 2.13. The number of hydrogen-bond acceptors (Lipinski definition) is 4. The lowest BCUT2D eigenvalue weighted by Crippen LogP contribution is -1.98. The molecule has 21 heavy (non-hydrogen) atoms. The van der Waals surface area contributed by atoms with E-state index in [4.69, 9.17) is 9.84 Å². The van der Waals surface area contributed by atoms with Gasteiger partial charge in [-0.3, -0.25) is 4.79 Å². The molecule has 0 fully saturated rings. The maximum atomic E-state index is 10.8. The lowest BCUT2D eigenvalue weighted by atomic mass is 10.1. The zero-order valence-electron chi connectivity index (χ0n) is 12.3. The van der Waals surface area contributed by atoms with E-state index < -0.39 is 5.97 Å². The van der Waals surface area contributed by atoms with Crippen LogP contribution in [0, 0.1) is 0 Å². The Morgan fingerprint density at radius 3 is 2.57 bits per heavy atom. The molecule has 0 bridgehead atoms. The molecule has 0 atom stereocenters. The Hall–Kier alpha value is -1.88. The second-order valence-corrected chi connectivity index (χ2v) is 5.84. The number of aryl methyl sites for hydroxylation is 2. The number of hydrogen-bond donors (Lipinski definition) is 1. The molecule has 0 radical (unpaired) electrons. The third kappa shape index (κ3) is 4.04. The molecule has 0 saturated heterocycles. The first-order chi connectivity index (χ1) is 10.1. The molecule has 0 aliphatic heterocycles. The van der Waals surface area contributed by atoms with Gasteiger partial charge in [-0.05, 0) is 37.1 Å². The van der Waals surface area contributed by atoms with E-state index >= 15 is 0 Å². The Balaban J connectivity index is 2.26. The zero-order chi connectivity index (χ0) is 15.2. The van der Waals surface area contributed by atoms with E-state index in [-0.39, 0.29) is 6.42 Å². The standard InChI is InChI=1S/C16H19NO3S/c1-3-4-13-14(9-10-15(18)19)21-16(17-13)11-5-7-12(20-2)8-6-11/h5-8H,3-4,9-10H2,1-2H3,(H,18,19). The summed E-state index contributed by atoms with van der Waals surface area (Å²) in [6.45, 7) is 2.10. The van der Waals surface area contributed by atoms with Gasteiger partial charge in [0.25, 0.3) is 0 Å². The van der Waals surface area contributed by atoms with Crippen molar-refractivity contribution in [3.8, 4) is 16.3 Å². The van der Waals surface area contributed by atoms with Gasteiger partial charge in [-0.1, -0.05) is 13.3 Å². The molecule has 4 nitrogen and oxygen atoms in total. The van der Waals surface area contributed by atoms with Crippen LogP contribution in [0.25, 0.3) is 10.6 Å². The van der Waals surface area contributed by atoms with Crippen molar-refractivity contribution in [1.82, 2.24) is 4.98 Å². The van der Waals surface area contributed by atoms with Crippen LogP contribution >= 0.6 is 11.3 Å². The number of nitrogens with zero attached hydrogens (tertiary/aromatic N) is 1. The van der Waals surface area contributed by atoms with Crippen molar-refractivity contribution in [2.24, 2.45) is 0 Å². The second-order valence-electron chi connectivity index (χ2n) is 4.76. The number of carbonyl (C=O) groups is 1. The summed E-state index contributed by atoms with van der Waals surface area (Å²) in [7, 11) is 1.64. The van der Waals surface area contributed by atoms with Gasteiger partial charge in [-0.15, -0.1) is 11.3 Å². The lowest BCUT2D eigenvalue weighted by molar-refractivity contribution is -0.136. The van der Waals surface area contributed by atoms with Crippen LogP contribution in [-0.4, -0.2) is 23.2 Å². The van der Waals surface area contributed by atoms with Crippen LogP contribution in [0.3, 0.4) is 0 Å². The molecule has 5 heteroatoms. The molecular weight excluding hydrogens is 286 g/mol. The van der Waals surface area contributed by atoms with Gasteiger partial charge in [0, 0.05) is 10.4 Å². The van der Waals surface area contributed by atoms with Crippen LogP contribution in [0.15, 0.2) is 24.3 Å². The number of carboxylic acid groups (broad SMARTS) is 1. The summed E-state index contributed by atoms with van der Waals surface area (Å²) in [5, 5.41) is 9.79. The number of ether oxygens (including phenoxy) is 1. The van der Waals surface area contributed by atoms with Crippen LogP contribution in [-0.2, 0) is 17.6 Å². The summed E-state index contributed by atoms with van der Waals surface area (Å²) in [6, 6.07) is 7.78. The fourth-order valence-corrected chi connectivity index (χ4v) is 3.20. The molecule has 2 rings (SSSR count). The largest absolute Gasteiger partial charge is 0.497 e. The fraction of sp³-hybridized carbons (Fsp3) is 0.375. The van der Waals surface area contributed by atoms with E-state index in [0.717, 1.165) is 39.7 Å². The molecule has 0 amide bonds. The Kier molecular flexibility index (Phi) is 5.33. The van der Waals surface area contributed by atoms with Gasteiger partial charge in [0.15, 0.2) is 0 Å². The van der Waals surface area contributed by atoms with Crippen molar-refractivity contribution < 1.29 is 14.6 Å². The first-order valence-electron chi connectivity index (χ1n) is 6.98. The van der Waals surface area contributed by atoms with Crippen LogP contribution in [0.1, 0.15) is 30.3 Å². The van der Waals surface area contributed by atoms with Crippen molar-refractivity contribution in [3.63, 3.8) is 0 Å². The molecule has 1 N–H and O–H groups in total. The van der Waals surface area contributed by atoms with E-state index in [0.29, 0.717) is 6.42 Å². The molecule has 112 valence electrons. The Morgan fingerprint density at radius 1 is 1.29 bits per heavy atom. The lowest BCUT2D eigenvalue weighted by Gasteiger charge is -2.00. The Bertz CT molecular complexity index is 604. The van der Waals surface area contributed by atoms with Gasteiger partial charge in [0.1, 0.15) is 10.8 Å². The third-order valence-corrected chi connectivity index (χ3v) is 4.37. The van der Waals surface area contributed by atoms with Crippen molar-refractivity contribution in [1.29, 1.82) is 0 Å². The molecule has 0 saturated carbocycles. The summed E-state index contributed by atoms with van der Waals surface area (Å²) < 4.78 is 5.16. The molecule has 1 heterocycles. The van der Waals surface area contributed by atoms with Gasteiger partial charge < -0.3 is 9.84 Å². The smallest absolute Gasteiger partial charge is 0.303 e. The Morgan fingerprint density at radius 2 is 2.00 bits per heavy atom. The molecule has 0 spiro atoms. The molecule has 0 aliphatic carbocycles. The first kappa shape index (κ1) is 15.5. The highest BCUT2D eigenvalue weighted by Crippen LogP contribution is 2.30. The molecule has 1 aromatic carbocycles. The average Bonchev–Trinajstić information content (AvgIpc) is 2.89. The van der Waals surface area contributed by atoms with Crippen LogP contribution in [0.5, 0.6) is 5.75 Å². The highest BCUT2D eigenvalue weighted by atomic mass is 32.1. The van der Waals surface area contributed by atoms with E-state index in [1.807, 2.05) is 24.3 Å². The second kappa shape index (κ2) is 7.22. The summed E-state index contributed by atoms with van der Waals surface area (Å²) in [5.41, 5.74) is 2.08. The minimum atomic E-state index is -0.767. The van der Waals surface area contributed by atoms with Crippen molar-refractivity contribution in [2.75, 3.05) is 7.11 Å². The minimum Gasteiger partial charge on any atom is -0.497 e. The van der Waals surface area contributed by atoms with Crippen LogP contribution < -0.4 is 4.74 Å². The minimum absolute atomic E-state index is 0.154. The number of aliphatic carboxylic acids is 1. The number of methoxy groups -OCH3 is 1. The van der Waals surface area contributed by atoms with E-state index in [9.17, 15) is 4.79 Å². The molecule has 0 aliphatic rings. The molecule has 2 aromatic rings. The quantitative estimate of drug-likeness (QED) is 0.845. The van der Waals surface area contributed by atoms with Gasteiger partial charge >= 0.3 is 5.97 Å². The predicted molar refractivity (Wildman–Crippen MR) is 84.1 cm³/mol. The summed E-state index contributed by atoms with van der Waals surface area (Å²) in [6.07, 6.45) is 2.60. The number of rotatable bonds is 7. The number of benzene rings is 1. The van der Waals surface area contributed by atoms with Gasteiger partial charge in [-0.25, -0.2) is 4.98 Å². The average molecular weight is 305 g/mol. The number of thiazole rings is 1. The molecular formula is C16H19NO3S. The topological polar surface area (TPSA) is 59.4 Å². The van der Waals surface area contributed by atoms with Gasteiger partial charge in [0.2, 0.25) is 0 Å². The zero-order valence-corrected chi connectivity index (χ0v) is 13.1. The monoisotopic (exact) mass is 305 g/mol. The number of aromatic nitrogens is 1.